The van der Waals surface area contributed by atoms with Crippen LogP contribution in [0.3, 0.4) is 0 Å². The van der Waals surface area contributed by atoms with Gasteiger partial charge in [-0.25, -0.2) is 0 Å². The second-order valence-corrected chi connectivity index (χ2v) is 18.2. The summed E-state index contributed by atoms with van der Waals surface area (Å²) < 4.78 is 5.47. The fraction of sp³-hybridized carbons (Fsp3) is 0.925. The third kappa shape index (κ3) is 45.9. The molecule has 0 saturated heterocycles. The number of carbonyl (C=O) groups is 2. The molecule has 0 fully saturated rings. The number of hydrogen-bond donors (Lipinski definition) is 3. The van der Waals surface area contributed by atoms with Crippen molar-refractivity contribution in [2.24, 2.45) is 0 Å². The fourth-order valence-corrected chi connectivity index (χ4v) is 8.22. The normalized spacial score (nSPS) is 12.7. The van der Waals surface area contributed by atoms with E-state index in [9.17, 15) is 19.8 Å². The molecule has 2 unspecified atom stereocenters. The van der Waals surface area contributed by atoms with Gasteiger partial charge in [0.05, 0.1) is 25.4 Å². The van der Waals surface area contributed by atoms with E-state index in [1.165, 1.54) is 205 Å². The molecule has 0 aromatic rings. The van der Waals surface area contributed by atoms with Crippen molar-refractivity contribution in [3.05, 3.63) is 12.2 Å². The first kappa shape index (κ1) is 57.6. The van der Waals surface area contributed by atoms with Crippen LogP contribution in [0.5, 0.6) is 0 Å². The van der Waals surface area contributed by atoms with Crippen LogP contribution in [-0.2, 0) is 14.3 Å². The number of esters is 1. The van der Waals surface area contributed by atoms with E-state index in [0.717, 1.165) is 57.8 Å². The Morgan fingerprint density at radius 1 is 0.458 bits per heavy atom. The highest BCUT2D eigenvalue weighted by Crippen LogP contribution is 2.17. The maximum absolute atomic E-state index is 12.4. The Morgan fingerprint density at radius 2 is 0.780 bits per heavy atom. The lowest BCUT2D eigenvalue weighted by Gasteiger charge is -2.20. The maximum Gasteiger partial charge on any atom is 0.305 e. The predicted octanol–water partition coefficient (Wildman–Crippen LogP) is 15.7. The molecule has 350 valence electrons. The lowest BCUT2D eigenvalue weighted by Crippen LogP contribution is -2.45. The summed E-state index contributed by atoms with van der Waals surface area (Å²) in [7, 11) is 0. The quantitative estimate of drug-likeness (QED) is 0.0322. The van der Waals surface area contributed by atoms with Crippen LogP contribution in [-0.4, -0.2) is 47.4 Å². The van der Waals surface area contributed by atoms with Crippen LogP contribution >= 0.6 is 0 Å². The second kappa shape index (κ2) is 49.3. The molecule has 0 spiro atoms. The van der Waals surface area contributed by atoms with Crippen LogP contribution in [0.2, 0.25) is 0 Å². The van der Waals surface area contributed by atoms with Gasteiger partial charge in [-0.05, 0) is 32.1 Å². The highest BCUT2D eigenvalue weighted by Gasteiger charge is 2.18. The van der Waals surface area contributed by atoms with Crippen LogP contribution < -0.4 is 5.32 Å². The Morgan fingerprint density at radius 3 is 1.15 bits per heavy atom. The van der Waals surface area contributed by atoms with Crippen LogP contribution in [0.1, 0.15) is 290 Å². The zero-order chi connectivity index (χ0) is 43.0. The third-order valence-corrected chi connectivity index (χ3v) is 12.3. The van der Waals surface area contributed by atoms with E-state index in [2.05, 4.69) is 19.2 Å². The highest BCUT2D eigenvalue weighted by atomic mass is 16.5. The number of unbranched alkanes of at least 4 members (excludes halogenated alkanes) is 38. The van der Waals surface area contributed by atoms with Crippen LogP contribution in [0.15, 0.2) is 12.2 Å². The average molecular weight is 834 g/mol. The Labute approximate surface area is 368 Å². The minimum atomic E-state index is -0.850. The monoisotopic (exact) mass is 834 g/mol. The number of amides is 1. The molecule has 6 heteroatoms. The van der Waals surface area contributed by atoms with Crippen LogP contribution in [0, 0.1) is 0 Å². The van der Waals surface area contributed by atoms with Gasteiger partial charge < -0.3 is 20.3 Å². The van der Waals surface area contributed by atoms with E-state index in [1.54, 1.807) is 6.08 Å². The van der Waals surface area contributed by atoms with Crippen molar-refractivity contribution in [1.29, 1.82) is 0 Å². The molecule has 0 saturated carbocycles. The molecule has 0 rings (SSSR count). The van der Waals surface area contributed by atoms with Gasteiger partial charge in [0.25, 0.3) is 0 Å². The largest absolute Gasteiger partial charge is 0.466 e. The van der Waals surface area contributed by atoms with Gasteiger partial charge in [0.15, 0.2) is 0 Å². The molecule has 0 aliphatic rings. The molecule has 0 heterocycles. The lowest BCUT2D eigenvalue weighted by molar-refractivity contribution is -0.143. The van der Waals surface area contributed by atoms with Crippen molar-refractivity contribution in [2.45, 2.75) is 302 Å². The second-order valence-electron chi connectivity index (χ2n) is 18.2. The molecule has 0 bridgehead atoms. The van der Waals surface area contributed by atoms with Crippen molar-refractivity contribution in [3.8, 4) is 0 Å². The lowest BCUT2D eigenvalue weighted by atomic mass is 10.0. The van der Waals surface area contributed by atoms with Crippen molar-refractivity contribution in [3.63, 3.8) is 0 Å². The van der Waals surface area contributed by atoms with Crippen molar-refractivity contribution < 1.29 is 24.5 Å². The van der Waals surface area contributed by atoms with Gasteiger partial charge in [-0.15, -0.1) is 0 Å². The average Bonchev–Trinajstić information content (AvgIpc) is 3.24. The number of nitrogens with one attached hydrogen (secondary N) is 1. The van der Waals surface area contributed by atoms with Crippen molar-refractivity contribution in [1.82, 2.24) is 5.32 Å². The molecular formula is C53H103NO5. The summed E-state index contributed by atoms with van der Waals surface area (Å²) in [6, 6.07) is -0.635. The first-order chi connectivity index (χ1) is 29.0. The maximum atomic E-state index is 12.4. The summed E-state index contributed by atoms with van der Waals surface area (Å²) in [6.07, 6.45) is 56.4. The smallest absolute Gasteiger partial charge is 0.305 e. The predicted molar refractivity (Wildman–Crippen MR) is 255 cm³/mol. The molecule has 59 heavy (non-hydrogen) atoms. The van der Waals surface area contributed by atoms with E-state index >= 15 is 0 Å². The Balaban J connectivity index is 3.44. The van der Waals surface area contributed by atoms with Gasteiger partial charge >= 0.3 is 5.97 Å². The number of aliphatic hydroxyl groups excluding tert-OH is 2. The fourth-order valence-electron chi connectivity index (χ4n) is 8.22. The minimum Gasteiger partial charge on any atom is -0.466 e. The summed E-state index contributed by atoms with van der Waals surface area (Å²) in [6.45, 7) is 4.88. The van der Waals surface area contributed by atoms with Gasteiger partial charge in [0, 0.05) is 12.8 Å². The first-order valence-corrected chi connectivity index (χ1v) is 26.5. The highest BCUT2D eigenvalue weighted by molar-refractivity contribution is 5.76. The third-order valence-electron chi connectivity index (χ3n) is 12.3. The Kier molecular flexibility index (Phi) is 48.1. The van der Waals surface area contributed by atoms with Crippen molar-refractivity contribution >= 4 is 11.9 Å². The minimum absolute atomic E-state index is 0.00294. The summed E-state index contributed by atoms with van der Waals surface area (Å²) in [4.78, 5) is 24.5. The van der Waals surface area contributed by atoms with Gasteiger partial charge in [0.1, 0.15) is 0 Å². The SMILES string of the molecule is CCCCCCCCCCCC/C=C/C(O)C(CO)NC(=O)CCCCCCCCCCCCCCCOC(=O)CCCCCCCCCCCCCCCCCCC. The molecule has 0 aromatic heterocycles. The number of allylic oxidation sites excluding steroid dienone is 1. The summed E-state index contributed by atoms with van der Waals surface area (Å²) in [5.41, 5.74) is 0. The molecule has 0 radical (unpaired) electrons. The van der Waals surface area contributed by atoms with E-state index < -0.39 is 12.1 Å². The van der Waals surface area contributed by atoms with E-state index in [4.69, 9.17) is 4.74 Å². The molecule has 6 nitrogen and oxygen atoms in total. The van der Waals surface area contributed by atoms with Gasteiger partial charge in [-0.3, -0.25) is 9.59 Å². The molecule has 2 atom stereocenters. The zero-order valence-electron chi connectivity index (χ0n) is 39.7. The molecule has 1 amide bonds. The van der Waals surface area contributed by atoms with Gasteiger partial charge in [-0.1, -0.05) is 257 Å². The van der Waals surface area contributed by atoms with Gasteiger partial charge in [0.2, 0.25) is 5.91 Å². The van der Waals surface area contributed by atoms with E-state index in [0.29, 0.717) is 19.4 Å². The van der Waals surface area contributed by atoms with E-state index in [1.807, 2.05) is 6.08 Å². The number of rotatable bonds is 49. The molecule has 3 N–H and O–H groups in total. The van der Waals surface area contributed by atoms with Crippen LogP contribution in [0.25, 0.3) is 0 Å². The first-order valence-electron chi connectivity index (χ1n) is 26.5. The number of ether oxygens (including phenoxy) is 1. The van der Waals surface area contributed by atoms with E-state index in [-0.39, 0.29) is 18.5 Å². The summed E-state index contributed by atoms with van der Waals surface area (Å²) in [5, 5.41) is 23.0. The summed E-state index contributed by atoms with van der Waals surface area (Å²) in [5.74, 6) is -0.0834. The Hall–Kier alpha value is -1.40. The van der Waals surface area contributed by atoms with Gasteiger partial charge in [-0.2, -0.15) is 0 Å². The number of carbonyl (C=O) groups excluding carboxylic acids is 2. The van der Waals surface area contributed by atoms with Crippen molar-refractivity contribution in [2.75, 3.05) is 13.2 Å². The Bertz CT molecular complexity index is 878. The molecule has 0 aliphatic carbocycles. The zero-order valence-corrected chi connectivity index (χ0v) is 39.7. The van der Waals surface area contributed by atoms with Crippen LogP contribution in [0.4, 0.5) is 0 Å². The number of aliphatic hydroxyl groups is 2. The number of hydrogen-bond acceptors (Lipinski definition) is 5. The summed E-state index contributed by atoms with van der Waals surface area (Å²) >= 11 is 0. The molecule has 0 aromatic carbocycles. The molecule has 0 aliphatic heterocycles. The molecular weight excluding hydrogens is 731 g/mol. The standard InChI is InChI=1S/C53H103NO5/c1-3-5-7-9-11-13-15-17-18-19-20-23-27-31-35-39-43-47-53(58)59-48-44-40-36-32-28-24-21-22-26-30-34-38-42-46-52(57)54-50(49-55)51(56)45-41-37-33-29-25-16-14-12-10-8-6-4-2/h41,45,50-51,55-56H,3-40,42-44,46-49H2,1-2H3,(H,54,57)/b45-41+. The topological polar surface area (TPSA) is 95.9 Å².